The van der Waals surface area contributed by atoms with Crippen molar-refractivity contribution >= 4 is 43.5 Å². The van der Waals surface area contributed by atoms with Crippen LogP contribution in [0.5, 0.6) is 17.2 Å². The van der Waals surface area contributed by atoms with Crippen molar-refractivity contribution < 1.29 is 9.47 Å². The fourth-order valence-electron chi connectivity index (χ4n) is 1.82. The van der Waals surface area contributed by atoms with E-state index in [0.29, 0.717) is 23.1 Å². The van der Waals surface area contributed by atoms with Crippen LogP contribution in [-0.4, -0.2) is 13.7 Å². The molecule has 0 amide bonds. The summed E-state index contributed by atoms with van der Waals surface area (Å²) in [6, 6.07) is 9.27. The zero-order valence-corrected chi connectivity index (χ0v) is 15.3. The Labute approximate surface area is 145 Å². The average molecular weight is 436 g/mol. The largest absolute Gasteiger partial charge is 0.496 e. The summed E-state index contributed by atoms with van der Waals surface area (Å²) < 4.78 is 12.7. The molecule has 21 heavy (non-hydrogen) atoms. The Morgan fingerprint density at radius 2 is 1.76 bits per heavy atom. The molecule has 0 aliphatic rings. The summed E-state index contributed by atoms with van der Waals surface area (Å²) in [7, 11) is 1.61. The van der Waals surface area contributed by atoms with E-state index in [-0.39, 0.29) is 0 Å². The van der Waals surface area contributed by atoms with Gasteiger partial charge in [-0.05, 0) is 74.7 Å². The summed E-state index contributed by atoms with van der Waals surface area (Å²) in [5.74, 6) is 2.06. The molecule has 0 atom stereocenters. The van der Waals surface area contributed by atoms with Gasteiger partial charge in [0.15, 0.2) is 0 Å². The number of benzene rings is 2. The van der Waals surface area contributed by atoms with Crippen molar-refractivity contribution in [2.45, 2.75) is 6.42 Å². The molecule has 2 rings (SSSR count). The highest BCUT2D eigenvalue weighted by atomic mass is 79.9. The van der Waals surface area contributed by atoms with Gasteiger partial charge in [0.25, 0.3) is 0 Å². The zero-order valence-electron chi connectivity index (χ0n) is 11.3. The molecule has 0 aliphatic carbocycles. The molecule has 112 valence electrons. The Bertz CT molecular complexity index is 650. The molecular formula is C15H14Br2ClNO2. The Kier molecular flexibility index (Phi) is 5.93. The molecule has 0 spiro atoms. The molecule has 0 unspecified atom stereocenters. The topological polar surface area (TPSA) is 44.5 Å². The number of ether oxygens (including phenoxy) is 2. The second-order valence-electron chi connectivity index (χ2n) is 4.31. The zero-order chi connectivity index (χ0) is 15.4. The second kappa shape index (κ2) is 7.49. The normalized spacial score (nSPS) is 10.5. The third kappa shape index (κ3) is 4.13. The maximum Gasteiger partial charge on any atom is 0.143 e. The standard InChI is InChI=1S/C15H14Br2ClNO2/c1-20-14-7-12(17)15(8-11(14)16)21-10-3-2-9(4-5-19)13(18)6-10/h2-3,6-8H,4-5,19H2,1H3. The molecule has 2 aromatic carbocycles. The molecule has 3 nitrogen and oxygen atoms in total. The van der Waals surface area contributed by atoms with E-state index in [2.05, 4.69) is 31.9 Å². The van der Waals surface area contributed by atoms with Crippen LogP contribution in [0.4, 0.5) is 0 Å². The molecule has 0 aromatic heterocycles. The van der Waals surface area contributed by atoms with Gasteiger partial charge in [-0.2, -0.15) is 0 Å². The first-order chi connectivity index (χ1) is 10.0. The summed E-state index contributed by atoms with van der Waals surface area (Å²) in [5.41, 5.74) is 6.56. The lowest BCUT2D eigenvalue weighted by Crippen LogP contribution is -2.03. The summed E-state index contributed by atoms with van der Waals surface area (Å²) >= 11 is 13.1. The highest BCUT2D eigenvalue weighted by Crippen LogP contribution is 2.38. The SMILES string of the molecule is COc1cc(Br)c(Oc2ccc(CCN)c(Cl)c2)cc1Br. The molecule has 0 saturated carbocycles. The molecule has 6 heteroatoms. The van der Waals surface area contributed by atoms with Crippen LogP contribution in [0.25, 0.3) is 0 Å². The van der Waals surface area contributed by atoms with Gasteiger partial charge in [-0.1, -0.05) is 17.7 Å². The number of methoxy groups -OCH3 is 1. The maximum atomic E-state index is 6.22. The smallest absolute Gasteiger partial charge is 0.143 e. The van der Waals surface area contributed by atoms with Crippen molar-refractivity contribution in [2.24, 2.45) is 5.73 Å². The number of halogens is 3. The summed E-state index contributed by atoms with van der Waals surface area (Å²) in [4.78, 5) is 0. The van der Waals surface area contributed by atoms with Crippen molar-refractivity contribution in [2.75, 3.05) is 13.7 Å². The van der Waals surface area contributed by atoms with Gasteiger partial charge in [0.1, 0.15) is 17.2 Å². The molecule has 2 aromatic rings. The summed E-state index contributed by atoms with van der Waals surface area (Å²) in [5, 5.41) is 0.654. The average Bonchev–Trinajstić information content (AvgIpc) is 2.45. The van der Waals surface area contributed by atoms with Crippen molar-refractivity contribution in [3.63, 3.8) is 0 Å². The van der Waals surface area contributed by atoms with Crippen LogP contribution in [0.2, 0.25) is 5.02 Å². The summed E-state index contributed by atoms with van der Waals surface area (Å²) in [6.45, 7) is 0.566. The first kappa shape index (κ1) is 16.6. The van der Waals surface area contributed by atoms with Crippen LogP contribution in [0.15, 0.2) is 39.3 Å². The highest BCUT2D eigenvalue weighted by molar-refractivity contribution is 9.11. The van der Waals surface area contributed by atoms with Crippen molar-refractivity contribution in [1.82, 2.24) is 0 Å². The van der Waals surface area contributed by atoms with E-state index in [1.807, 2.05) is 24.3 Å². The van der Waals surface area contributed by atoms with Crippen molar-refractivity contribution in [1.29, 1.82) is 0 Å². The molecular weight excluding hydrogens is 421 g/mol. The van der Waals surface area contributed by atoms with Crippen LogP contribution < -0.4 is 15.2 Å². The van der Waals surface area contributed by atoms with Crippen LogP contribution in [0, 0.1) is 0 Å². The van der Waals surface area contributed by atoms with Crippen LogP contribution in [0.1, 0.15) is 5.56 Å². The Balaban J connectivity index is 2.26. The minimum absolute atomic E-state index is 0.566. The van der Waals surface area contributed by atoms with Crippen molar-refractivity contribution in [3.8, 4) is 17.2 Å². The number of nitrogens with two attached hydrogens (primary N) is 1. The van der Waals surface area contributed by atoms with Gasteiger partial charge in [0, 0.05) is 5.02 Å². The first-order valence-corrected chi connectivity index (χ1v) is 8.21. The van der Waals surface area contributed by atoms with Gasteiger partial charge < -0.3 is 15.2 Å². The van der Waals surface area contributed by atoms with E-state index in [4.69, 9.17) is 26.8 Å². The van der Waals surface area contributed by atoms with Crippen molar-refractivity contribution in [3.05, 3.63) is 49.9 Å². The van der Waals surface area contributed by atoms with E-state index in [9.17, 15) is 0 Å². The quantitative estimate of drug-likeness (QED) is 0.705. The lowest BCUT2D eigenvalue weighted by Gasteiger charge is -2.12. The van der Waals surface area contributed by atoms with E-state index in [0.717, 1.165) is 26.7 Å². The van der Waals surface area contributed by atoms with E-state index in [1.165, 1.54) is 0 Å². The second-order valence-corrected chi connectivity index (χ2v) is 6.43. The Morgan fingerprint density at radius 1 is 1.10 bits per heavy atom. The maximum absolute atomic E-state index is 6.22. The van der Waals surface area contributed by atoms with Gasteiger partial charge in [-0.15, -0.1) is 0 Å². The fraction of sp³-hybridized carbons (Fsp3) is 0.200. The minimum Gasteiger partial charge on any atom is -0.496 e. The molecule has 0 aliphatic heterocycles. The number of hydrogen-bond donors (Lipinski definition) is 1. The predicted molar refractivity (Wildman–Crippen MR) is 92.7 cm³/mol. The predicted octanol–water partition coefficient (Wildman–Crippen LogP) is 5.17. The third-order valence-corrected chi connectivity index (χ3v) is 4.46. The number of rotatable bonds is 5. The van der Waals surface area contributed by atoms with Crippen LogP contribution >= 0.6 is 43.5 Å². The van der Waals surface area contributed by atoms with Gasteiger partial charge >= 0.3 is 0 Å². The van der Waals surface area contributed by atoms with Gasteiger partial charge in [-0.3, -0.25) is 0 Å². The van der Waals surface area contributed by atoms with Gasteiger partial charge in [0.05, 0.1) is 16.1 Å². The molecule has 0 bridgehead atoms. The molecule has 2 N–H and O–H groups in total. The summed E-state index contributed by atoms with van der Waals surface area (Å²) in [6.07, 6.45) is 0.747. The third-order valence-electron chi connectivity index (χ3n) is 2.87. The van der Waals surface area contributed by atoms with Gasteiger partial charge in [-0.25, -0.2) is 0 Å². The lowest BCUT2D eigenvalue weighted by atomic mass is 10.1. The Morgan fingerprint density at radius 3 is 2.38 bits per heavy atom. The lowest BCUT2D eigenvalue weighted by molar-refractivity contribution is 0.409. The highest BCUT2D eigenvalue weighted by Gasteiger charge is 2.10. The Hall–Kier alpha value is -0.750. The van der Waals surface area contributed by atoms with Gasteiger partial charge in [0.2, 0.25) is 0 Å². The van der Waals surface area contributed by atoms with E-state index < -0.39 is 0 Å². The minimum atomic E-state index is 0.566. The van der Waals surface area contributed by atoms with E-state index in [1.54, 1.807) is 13.2 Å². The monoisotopic (exact) mass is 433 g/mol. The first-order valence-electron chi connectivity index (χ1n) is 6.24. The molecule has 0 saturated heterocycles. The van der Waals surface area contributed by atoms with E-state index >= 15 is 0 Å². The molecule has 0 radical (unpaired) electrons. The molecule has 0 heterocycles. The molecule has 0 fully saturated rings. The van der Waals surface area contributed by atoms with Crippen LogP contribution in [-0.2, 0) is 6.42 Å². The van der Waals surface area contributed by atoms with Crippen LogP contribution in [0.3, 0.4) is 0 Å². The fourth-order valence-corrected chi connectivity index (χ4v) is 2.97. The number of hydrogen-bond acceptors (Lipinski definition) is 3.